The number of methoxy groups -OCH3 is 1. The molecule has 1 unspecified atom stereocenters. The Morgan fingerprint density at radius 3 is 2.68 bits per heavy atom. The lowest BCUT2D eigenvalue weighted by molar-refractivity contribution is 0.0600. The first-order chi connectivity index (χ1) is 12.2. The zero-order chi connectivity index (χ0) is 17.4. The first-order valence-corrected chi connectivity index (χ1v) is 7.67. The SMILES string of the molecule is COC(=O)c1ccc(-c2ccc3c(n2)Oc2cnccc2C3O)cc1. The van der Waals surface area contributed by atoms with Gasteiger partial charge < -0.3 is 14.6 Å². The monoisotopic (exact) mass is 334 g/mol. The van der Waals surface area contributed by atoms with Crippen LogP contribution in [0, 0.1) is 0 Å². The molecule has 0 amide bonds. The summed E-state index contributed by atoms with van der Waals surface area (Å²) in [7, 11) is 1.34. The van der Waals surface area contributed by atoms with Gasteiger partial charge in [0.05, 0.1) is 24.6 Å². The molecule has 0 aliphatic carbocycles. The topological polar surface area (TPSA) is 81.5 Å². The van der Waals surface area contributed by atoms with Crippen LogP contribution in [0.5, 0.6) is 11.6 Å². The van der Waals surface area contributed by atoms with Gasteiger partial charge in [-0.1, -0.05) is 12.1 Å². The van der Waals surface area contributed by atoms with Crippen LogP contribution in [0.4, 0.5) is 0 Å². The fraction of sp³-hybridized carbons (Fsp3) is 0.105. The number of pyridine rings is 2. The minimum absolute atomic E-state index is 0.350. The van der Waals surface area contributed by atoms with Gasteiger partial charge in [0.1, 0.15) is 6.10 Å². The maximum atomic E-state index is 11.5. The van der Waals surface area contributed by atoms with Gasteiger partial charge in [-0.15, -0.1) is 0 Å². The molecule has 0 fully saturated rings. The fourth-order valence-corrected chi connectivity index (χ4v) is 2.77. The molecule has 1 aliphatic rings. The van der Waals surface area contributed by atoms with Crippen molar-refractivity contribution < 1.29 is 19.4 Å². The molecule has 124 valence electrons. The number of benzene rings is 1. The molecule has 3 aromatic rings. The lowest BCUT2D eigenvalue weighted by atomic mass is 9.99. The highest BCUT2D eigenvalue weighted by atomic mass is 16.5. The van der Waals surface area contributed by atoms with E-state index in [2.05, 4.69) is 9.97 Å². The van der Waals surface area contributed by atoms with Crippen molar-refractivity contribution in [1.29, 1.82) is 0 Å². The molecular weight excluding hydrogens is 320 g/mol. The van der Waals surface area contributed by atoms with Crippen molar-refractivity contribution in [3.63, 3.8) is 0 Å². The van der Waals surface area contributed by atoms with Crippen LogP contribution >= 0.6 is 0 Å². The summed E-state index contributed by atoms with van der Waals surface area (Å²) in [5.74, 6) is 0.455. The van der Waals surface area contributed by atoms with Crippen LogP contribution in [-0.2, 0) is 4.74 Å². The second-order valence-electron chi connectivity index (χ2n) is 5.58. The van der Waals surface area contributed by atoms with Crippen LogP contribution in [0.25, 0.3) is 11.3 Å². The molecule has 1 N–H and O–H groups in total. The molecule has 4 rings (SSSR count). The molecule has 1 aliphatic heterocycles. The first-order valence-electron chi connectivity index (χ1n) is 7.67. The molecular formula is C19H14N2O4. The Hall–Kier alpha value is -3.25. The van der Waals surface area contributed by atoms with Crippen LogP contribution in [0.15, 0.2) is 54.9 Å². The summed E-state index contributed by atoms with van der Waals surface area (Å²) in [6.45, 7) is 0. The van der Waals surface area contributed by atoms with Crippen LogP contribution in [0.2, 0.25) is 0 Å². The number of carbonyl (C=O) groups excluding carboxylic acids is 1. The van der Waals surface area contributed by atoms with E-state index < -0.39 is 6.10 Å². The predicted octanol–water partition coefficient (Wildman–Crippen LogP) is 3.12. The summed E-state index contributed by atoms with van der Waals surface area (Å²) in [6.07, 6.45) is 2.37. The predicted molar refractivity (Wildman–Crippen MR) is 89.4 cm³/mol. The molecule has 0 saturated heterocycles. The number of aliphatic hydroxyl groups is 1. The van der Waals surface area contributed by atoms with E-state index in [0.29, 0.717) is 34.0 Å². The Bertz CT molecular complexity index is 954. The molecule has 0 radical (unpaired) electrons. The van der Waals surface area contributed by atoms with Crippen molar-refractivity contribution in [2.75, 3.05) is 7.11 Å². The van der Waals surface area contributed by atoms with Gasteiger partial charge in [-0.05, 0) is 30.3 Å². The summed E-state index contributed by atoms with van der Waals surface area (Å²) in [6, 6.07) is 12.3. The molecule has 2 aromatic heterocycles. The largest absolute Gasteiger partial charge is 0.465 e. The zero-order valence-electron chi connectivity index (χ0n) is 13.3. The Kier molecular flexibility index (Phi) is 3.66. The molecule has 25 heavy (non-hydrogen) atoms. The Balaban J connectivity index is 1.70. The normalized spacial score (nSPS) is 14.9. The molecule has 0 spiro atoms. The van der Waals surface area contributed by atoms with E-state index in [1.54, 1.807) is 48.8 Å². The second-order valence-corrected chi connectivity index (χ2v) is 5.58. The number of aromatic nitrogens is 2. The van der Waals surface area contributed by atoms with Crippen molar-refractivity contribution in [3.8, 4) is 22.9 Å². The van der Waals surface area contributed by atoms with E-state index in [4.69, 9.17) is 9.47 Å². The number of ether oxygens (including phenoxy) is 2. The molecule has 6 nitrogen and oxygen atoms in total. The van der Waals surface area contributed by atoms with E-state index in [1.807, 2.05) is 6.07 Å². The van der Waals surface area contributed by atoms with Crippen LogP contribution in [-0.4, -0.2) is 28.2 Å². The van der Waals surface area contributed by atoms with Gasteiger partial charge in [0.25, 0.3) is 0 Å². The van der Waals surface area contributed by atoms with Gasteiger partial charge in [0.15, 0.2) is 5.75 Å². The standard InChI is InChI=1S/C19H14N2O4/c1-24-19(23)12-4-2-11(3-5-12)15-7-6-14-17(22)13-8-9-20-10-16(13)25-18(14)21-15/h2-10,17,22H,1H3. The van der Waals surface area contributed by atoms with Gasteiger partial charge in [-0.25, -0.2) is 9.78 Å². The van der Waals surface area contributed by atoms with E-state index in [-0.39, 0.29) is 5.97 Å². The average Bonchev–Trinajstić information content (AvgIpc) is 2.67. The van der Waals surface area contributed by atoms with Crippen molar-refractivity contribution in [2.24, 2.45) is 0 Å². The average molecular weight is 334 g/mol. The van der Waals surface area contributed by atoms with Gasteiger partial charge in [-0.2, -0.15) is 0 Å². The Labute approximate surface area is 143 Å². The molecule has 6 heteroatoms. The molecule has 1 atom stereocenters. The van der Waals surface area contributed by atoms with Gasteiger partial charge >= 0.3 is 5.97 Å². The number of aliphatic hydroxyl groups excluding tert-OH is 1. The van der Waals surface area contributed by atoms with Gasteiger partial charge in [0, 0.05) is 22.9 Å². The third-order valence-corrected chi connectivity index (χ3v) is 4.10. The van der Waals surface area contributed by atoms with Crippen molar-refractivity contribution >= 4 is 5.97 Å². The van der Waals surface area contributed by atoms with Crippen LogP contribution in [0.1, 0.15) is 27.6 Å². The molecule has 0 saturated carbocycles. The number of carbonyl (C=O) groups is 1. The summed E-state index contributed by atoms with van der Waals surface area (Å²) in [5, 5.41) is 10.5. The number of fused-ring (bicyclic) bond motifs is 2. The summed E-state index contributed by atoms with van der Waals surface area (Å²) in [4.78, 5) is 20.0. The number of rotatable bonds is 2. The lowest BCUT2D eigenvalue weighted by Crippen LogP contribution is -2.11. The highest BCUT2D eigenvalue weighted by Gasteiger charge is 2.27. The van der Waals surface area contributed by atoms with Crippen LogP contribution in [0.3, 0.4) is 0 Å². The highest BCUT2D eigenvalue weighted by Crippen LogP contribution is 2.41. The number of hydrogen-bond donors (Lipinski definition) is 1. The van der Waals surface area contributed by atoms with E-state index in [1.165, 1.54) is 7.11 Å². The van der Waals surface area contributed by atoms with Gasteiger partial charge in [-0.3, -0.25) is 4.98 Å². The van der Waals surface area contributed by atoms with Crippen molar-refractivity contribution in [2.45, 2.75) is 6.10 Å². The molecule has 1 aromatic carbocycles. The Morgan fingerprint density at radius 2 is 1.92 bits per heavy atom. The number of hydrogen-bond acceptors (Lipinski definition) is 6. The van der Waals surface area contributed by atoms with Crippen molar-refractivity contribution in [3.05, 3.63) is 71.5 Å². The molecule has 0 bridgehead atoms. The van der Waals surface area contributed by atoms with Crippen molar-refractivity contribution in [1.82, 2.24) is 9.97 Å². The van der Waals surface area contributed by atoms with E-state index in [0.717, 1.165) is 5.56 Å². The zero-order valence-corrected chi connectivity index (χ0v) is 13.3. The maximum absolute atomic E-state index is 11.5. The lowest BCUT2D eigenvalue weighted by Gasteiger charge is -2.23. The van der Waals surface area contributed by atoms with Gasteiger partial charge in [0.2, 0.25) is 5.88 Å². The number of esters is 1. The minimum atomic E-state index is -0.801. The summed E-state index contributed by atoms with van der Waals surface area (Å²) in [5.41, 5.74) is 3.24. The minimum Gasteiger partial charge on any atom is -0.465 e. The third kappa shape index (κ3) is 2.62. The highest BCUT2D eigenvalue weighted by molar-refractivity contribution is 5.89. The van der Waals surface area contributed by atoms with E-state index in [9.17, 15) is 9.90 Å². The second kappa shape index (κ2) is 5.99. The molecule has 3 heterocycles. The van der Waals surface area contributed by atoms with Crippen LogP contribution < -0.4 is 4.74 Å². The summed E-state index contributed by atoms with van der Waals surface area (Å²) < 4.78 is 10.5. The summed E-state index contributed by atoms with van der Waals surface area (Å²) >= 11 is 0. The smallest absolute Gasteiger partial charge is 0.337 e. The van der Waals surface area contributed by atoms with E-state index >= 15 is 0 Å². The Morgan fingerprint density at radius 1 is 1.12 bits per heavy atom. The third-order valence-electron chi connectivity index (χ3n) is 4.10. The maximum Gasteiger partial charge on any atom is 0.337 e. The first kappa shape index (κ1) is 15.3. The fourth-order valence-electron chi connectivity index (χ4n) is 2.77. The number of nitrogens with zero attached hydrogens (tertiary/aromatic N) is 2. The quantitative estimate of drug-likeness (QED) is 0.725.